The second kappa shape index (κ2) is 6.49. The molecule has 27 heavy (non-hydrogen) atoms. The van der Waals surface area contributed by atoms with Crippen molar-refractivity contribution in [1.29, 1.82) is 0 Å². The molecule has 0 aliphatic rings. The first-order valence-corrected chi connectivity index (χ1v) is 9.73. The van der Waals surface area contributed by atoms with Gasteiger partial charge in [-0.3, -0.25) is 4.79 Å². The molecular formula is C25H16OS. The summed E-state index contributed by atoms with van der Waals surface area (Å²) in [6.07, 6.45) is 0. The van der Waals surface area contributed by atoms with Gasteiger partial charge >= 0.3 is 0 Å². The van der Waals surface area contributed by atoms with E-state index in [2.05, 4.69) is 48.5 Å². The third kappa shape index (κ3) is 2.84. The van der Waals surface area contributed by atoms with E-state index in [0.29, 0.717) is 0 Å². The zero-order valence-electron chi connectivity index (χ0n) is 14.6. The fraction of sp³-hybridized carbons (Fsp3) is 0. The number of hydrogen-bond acceptors (Lipinski definition) is 2. The molecule has 128 valence electrons. The fourth-order valence-electron chi connectivity index (χ4n) is 3.49. The molecule has 1 aromatic heterocycles. The second-order valence-corrected chi connectivity index (χ2v) is 7.67. The molecule has 4 aromatic carbocycles. The Hall–Kier alpha value is -3.23. The van der Waals surface area contributed by atoms with Crippen LogP contribution < -0.4 is 5.43 Å². The fourth-order valence-corrected chi connectivity index (χ4v) is 4.54. The Kier molecular flexibility index (Phi) is 3.84. The van der Waals surface area contributed by atoms with E-state index in [9.17, 15) is 4.79 Å². The van der Waals surface area contributed by atoms with Crippen molar-refractivity contribution in [3.8, 4) is 22.3 Å². The third-order valence-electron chi connectivity index (χ3n) is 4.88. The van der Waals surface area contributed by atoms with Crippen LogP contribution in [0.1, 0.15) is 0 Å². The van der Waals surface area contributed by atoms with E-state index in [4.69, 9.17) is 0 Å². The highest BCUT2D eigenvalue weighted by atomic mass is 32.1. The molecule has 5 aromatic rings. The van der Waals surface area contributed by atoms with Crippen LogP contribution in [0.2, 0.25) is 0 Å². The van der Waals surface area contributed by atoms with Crippen LogP contribution in [0.15, 0.2) is 102 Å². The predicted octanol–water partition coefficient (Wildman–Crippen LogP) is 6.75. The van der Waals surface area contributed by atoms with Gasteiger partial charge in [-0.05, 0) is 52.6 Å². The number of hydrogen-bond donors (Lipinski definition) is 0. The maximum absolute atomic E-state index is 13.0. The molecule has 2 heteroatoms. The average Bonchev–Trinajstić information content (AvgIpc) is 2.74. The van der Waals surface area contributed by atoms with E-state index in [1.165, 1.54) is 11.1 Å². The molecule has 0 radical (unpaired) electrons. The van der Waals surface area contributed by atoms with Crippen LogP contribution in [0, 0.1) is 0 Å². The highest BCUT2D eigenvalue weighted by molar-refractivity contribution is 7.24. The summed E-state index contributed by atoms with van der Waals surface area (Å²) in [6.45, 7) is 0. The van der Waals surface area contributed by atoms with E-state index in [-0.39, 0.29) is 5.43 Å². The van der Waals surface area contributed by atoms with Crippen molar-refractivity contribution in [2.75, 3.05) is 0 Å². The smallest absolute Gasteiger partial charge is 0.195 e. The van der Waals surface area contributed by atoms with E-state index in [1.54, 1.807) is 11.3 Å². The minimum atomic E-state index is 0.111. The summed E-state index contributed by atoms with van der Waals surface area (Å²) in [4.78, 5) is 13.0. The van der Waals surface area contributed by atoms with Crippen molar-refractivity contribution < 1.29 is 0 Å². The minimum absolute atomic E-state index is 0.111. The zero-order valence-corrected chi connectivity index (χ0v) is 15.4. The summed E-state index contributed by atoms with van der Waals surface area (Å²) < 4.78 is 2.07. The van der Waals surface area contributed by atoms with Gasteiger partial charge in [0.2, 0.25) is 0 Å². The van der Waals surface area contributed by atoms with Gasteiger partial charge in [0.15, 0.2) is 5.43 Å². The Morgan fingerprint density at radius 2 is 1.11 bits per heavy atom. The van der Waals surface area contributed by atoms with Gasteiger partial charge in [-0.1, -0.05) is 66.7 Å². The SMILES string of the molecule is O=c1c2ccccc2sc2ccc(-c3cccc(-c4ccccc4)c3)cc12. The number of fused-ring (bicyclic) bond motifs is 2. The van der Waals surface area contributed by atoms with Crippen molar-refractivity contribution in [3.63, 3.8) is 0 Å². The number of benzene rings is 4. The lowest BCUT2D eigenvalue weighted by Gasteiger charge is -2.08. The minimum Gasteiger partial charge on any atom is -0.289 e. The maximum Gasteiger partial charge on any atom is 0.195 e. The van der Waals surface area contributed by atoms with E-state index >= 15 is 0 Å². The molecule has 1 heterocycles. The first-order valence-electron chi connectivity index (χ1n) is 8.91. The van der Waals surface area contributed by atoms with E-state index < -0.39 is 0 Å². The van der Waals surface area contributed by atoms with Crippen LogP contribution >= 0.6 is 11.3 Å². The average molecular weight is 364 g/mol. The van der Waals surface area contributed by atoms with Gasteiger partial charge in [-0.25, -0.2) is 0 Å². The summed E-state index contributed by atoms with van der Waals surface area (Å²) in [5.74, 6) is 0. The molecule has 0 saturated carbocycles. The molecule has 0 N–H and O–H groups in total. The molecule has 0 atom stereocenters. The molecule has 0 aliphatic carbocycles. The van der Waals surface area contributed by atoms with Crippen LogP contribution in [-0.4, -0.2) is 0 Å². The van der Waals surface area contributed by atoms with Crippen LogP contribution in [-0.2, 0) is 0 Å². The molecule has 0 spiro atoms. The summed E-state index contributed by atoms with van der Waals surface area (Å²) in [6, 6.07) is 32.9. The topological polar surface area (TPSA) is 17.1 Å². The van der Waals surface area contributed by atoms with Gasteiger partial charge in [0.05, 0.1) is 0 Å². The highest BCUT2D eigenvalue weighted by Crippen LogP contribution is 2.30. The van der Waals surface area contributed by atoms with Crippen LogP contribution in [0.4, 0.5) is 0 Å². The first kappa shape index (κ1) is 16.0. The molecule has 5 rings (SSSR count). The molecule has 0 fully saturated rings. The van der Waals surface area contributed by atoms with Crippen LogP contribution in [0.5, 0.6) is 0 Å². The van der Waals surface area contributed by atoms with Gasteiger partial charge in [-0.2, -0.15) is 0 Å². The van der Waals surface area contributed by atoms with Gasteiger partial charge in [-0.15, -0.1) is 11.3 Å². The monoisotopic (exact) mass is 364 g/mol. The molecule has 0 aliphatic heterocycles. The molecule has 0 amide bonds. The summed E-state index contributed by atoms with van der Waals surface area (Å²) in [7, 11) is 0. The highest BCUT2D eigenvalue weighted by Gasteiger charge is 2.08. The second-order valence-electron chi connectivity index (χ2n) is 6.59. The predicted molar refractivity (Wildman–Crippen MR) is 116 cm³/mol. The van der Waals surface area contributed by atoms with Gasteiger partial charge < -0.3 is 0 Å². The first-order chi connectivity index (χ1) is 13.3. The standard InChI is InChI=1S/C25H16OS/c26-25-21-11-4-5-12-23(21)27-24-14-13-20(16-22(24)25)19-10-6-9-18(15-19)17-7-2-1-3-8-17/h1-16H. The zero-order chi connectivity index (χ0) is 18.2. The lowest BCUT2D eigenvalue weighted by atomic mass is 9.98. The van der Waals surface area contributed by atoms with E-state index in [0.717, 1.165) is 31.3 Å². The summed E-state index contributed by atoms with van der Waals surface area (Å²) in [5.41, 5.74) is 4.67. The lowest BCUT2D eigenvalue weighted by Crippen LogP contribution is -2.00. The molecule has 0 bridgehead atoms. The Bertz CT molecular complexity index is 1330. The van der Waals surface area contributed by atoms with Gasteiger partial charge in [0.25, 0.3) is 0 Å². The number of rotatable bonds is 2. The third-order valence-corrected chi connectivity index (χ3v) is 6.03. The van der Waals surface area contributed by atoms with Crippen molar-refractivity contribution >= 4 is 31.5 Å². The van der Waals surface area contributed by atoms with Crippen LogP contribution in [0.25, 0.3) is 42.4 Å². The Balaban J connectivity index is 1.69. The van der Waals surface area contributed by atoms with Crippen molar-refractivity contribution in [2.24, 2.45) is 0 Å². The Morgan fingerprint density at radius 3 is 1.96 bits per heavy atom. The van der Waals surface area contributed by atoms with Gasteiger partial charge in [0.1, 0.15) is 0 Å². The Morgan fingerprint density at radius 1 is 0.481 bits per heavy atom. The molecule has 0 unspecified atom stereocenters. The van der Waals surface area contributed by atoms with Crippen LogP contribution in [0.3, 0.4) is 0 Å². The Labute approximate surface area is 161 Å². The maximum atomic E-state index is 13.0. The molecule has 0 saturated heterocycles. The lowest BCUT2D eigenvalue weighted by molar-refractivity contribution is 1.60. The van der Waals surface area contributed by atoms with Crippen molar-refractivity contribution in [1.82, 2.24) is 0 Å². The largest absolute Gasteiger partial charge is 0.289 e. The summed E-state index contributed by atoms with van der Waals surface area (Å²) in [5, 5.41) is 1.59. The summed E-state index contributed by atoms with van der Waals surface area (Å²) >= 11 is 1.67. The normalized spacial score (nSPS) is 11.1. The molecule has 1 nitrogen and oxygen atoms in total. The molecular weight excluding hydrogens is 348 g/mol. The quantitative estimate of drug-likeness (QED) is 0.317. The van der Waals surface area contributed by atoms with Crippen molar-refractivity contribution in [3.05, 3.63) is 107 Å². The van der Waals surface area contributed by atoms with Crippen molar-refractivity contribution in [2.45, 2.75) is 0 Å². The van der Waals surface area contributed by atoms with E-state index in [1.807, 2.05) is 48.5 Å². The van der Waals surface area contributed by atoms with Gasteiger partial charge in [0, 0.05) is 20.2 Å².